The molecule has 0 bridgehead atoms. The molecule has 5 saturated heterocycles. The first kappa shape index (κ1) is 59.7. The summed E-state index contributed by atoms with van der Waals surface area (Å²) in [6, 6.07) is 18.3. The highest BCUT2D eigenvalue weighted by molar-refractivity contribution is 5.65. The lowest BCUT2D eigenvalue weighted by Crippen LogP contribution is -2.63. The van der Waals surface area contributed by atoms with Gasteiger partial charge in [-0.3, -0.25) is 4.79 Å². The zero-order valence-corrected chi connectivity index (χ0v) is 46.6. The molecular weight excluding hydrogens is 981 g/mol. The van der Waals surface area contributed by atoms with Crippen LogP contribution in [0, 0.1) is 41.4 Å². The van der Waals surface area contributed by atoms with Crippen LogP contribution < -0.4 is 0 Å². The Bertz CT molecular complexity index is 2210. The molecule has 422 valence electrons. The first-order valence-corrected chi connectivity index (χ1v) is 27.5. The molecule has 25 atom stereocenters. The van der Waals surface area contributed by atoms with Crippen LogP contribution in [-0.4, -0.2) is 130 Å². The van der Waals surface area contributed by atoms with Crippen LogP contribution in [0.25, 0.3) is 20.9 Å². The third-order valence-corrected chi connectivity index (χ3v) is 16.8. The molecule has 0 aliphatic carbocycles. The van der Waals surface area contributed by atoms with Gasteiger partial charge in [-0.25, -0.2) is 0 Å². The van der Waals surface area contributed by atoms with Crippen molar-refractivity contribution in [3.63, 3.8) is 0 Å². The Labute approximate surface area is 448 Å². The Kier molecular flexibility index (Phi) is 21.8. The number of methoxy groups -OCH3 is 1. The van der Waals surface area contributed by atoms with E-state index in [4.69, 9.17) is 61.6 Å². The van der Waals surface area contributed by atoms with Gasteiger partial charge in [0, 0.05) is 41.6 Å². The molecule has 5 heterocycles. The second-order valence-corrected chi connectivity index (χ2v) is 21.7. The van der Waals surface area contributed by atoms with E-state index in [0.29, 0.717) is 6.42 Å². The molecule has 20 heteroatoms. The minimum absolute atomic E-state index is 0.0104. The lowest BCUT2D eigenvalue weighted by Gasteiger charge is -2.52. The number of benzene rings is 2. The minimum atomic E-state index is -1.03. The maximum absolute atomic E-state index is 12.0. The van der Waals surface area contributed by atoms with Gasteiger partial charge < -0.3 is 61.6 Å². The number of ether oxygens (including phenoxy) is 13. The second kappa shape index (κ2) is 27.8. The van der Waals surface area contributed by atoms with Crippen LogP contribution in [0.5, 0.6) is 0 Å². The second-order valence-electron chi connectivity index (χ2n) is 21.7. The van der Waals surface area contributed by atoms with Crippen molar-refractivity contribution in [3.8, 4) is 0 Å². The van der Waals surface area contributed by atoms with Gasteiger partial charge in [0.15, 0.2) is 31.5 Å². The van der Waals surface area contributed by atoms with Crippen LogP contribution in [0.3, 0.4) is 0 Å². The van der Waals surface area contributed by atoms with Gasteiger partial charge in [-0.1, -0.05) is 133 Å². The maximum atomic E-state index is 12.0. The topological polar surface area (TPSA) is 235 Å². The summed E-state index contributed by atoms with van der Waals surface area (Å²) < 4.78 is 85.9. The molecule has 7 rings (SSSR count). The molecule has 0 amide bonds. The average molecular weight is 1070 g/mol. The van der Waals surface area contributed by atoms with E-state index in [1.54, 1.807) is 7.11 Å². The van der Waals surface area contributed by atoms with Crippen LogP contribution in [0.2, 0.25) is 0 Å². The third kappa shape index (κ3) is 13.9. The molecule has 76 heavy (non-hydrogen) atoms. The molecule has 5 aliphatic heterocycles. The van der Waals surface area contributed by atoms with Crippen molar-refractivity contribution in [2.75, 3.05) is 13.7 Å². The SMILES string of the molecule is CCC1O[C@@H](O[C@H]2C(C)O[C@@H](O[C@H]3C(CC)O[C@@H](O[C@H]4C(C)O[C@@H](O[C@H]5C(COC(C)=O)O[C@@H](OC)C(C)[C@H]5C)C(C)[C@@H]4OCc4ccccc4)C(N=[N+]=[N-])[C@H]3C)C(OCc3ccccc3)[C@H]2C)C(N=[N+]=[N-])[C@@H](C)[C@H]1C. The Morgan fingerprint density at radius 3 is 1.55 bits per heavy atom. The molecule has 2 aromatic carbocycles. The fraction of sp³-hybridized carbons (Fsp3) is 0.768. The van der Waals surface area contributed by atoms with Gasteiger partial charge >= 0.3 is 5.97 Å². The highest BCUT2D eigenvalue weighted by atomic mass is 16.8. The van der Waals surface area contributed by atoms with Gasteiger partial charge in [0.1, 0.15) is 24.9 Å². The molecule has 20 nitrogen and oxygen atoms in total. The number of hydrogen-bond donors (Lipinski definition) is 0. The van der Waals surface area contributed by atoms with Crippen molar-refractivity contribution in [3.05, 3.63) is 92.7 Å². The Morgan fingerprint density at radius 2 is 0.987 bits per heavy atom. The Morgan fingerprint density at radius 1 is 0.500 bits per heavy atom. The zero-order chi connectivity index (χ0) is 54.8. The Balaban J connectivity index is 1.12. The van der Waals surface area contributed by atoms with Crippen molar-refractivity contribution >= 4 is 5.97 Å². The number of carbonyl (C=O) groups excluding carboxylic acids is 1. The first-order valence-electron chi connectivity index (χ1n) is 27.5. The van der Waals surface area contributed by atoms with Crippen LogP contribution >= 0.6 is 0 Å². The van der Waals surface area contributed by atoms with Gasteiger partial charge in [0.05, 0.1) is 74.1 Å². The van der Waals surface area contributed by atoms with Crippen molar-refractivity contribution in [1.29, 1.82) is 0 Å². The molecule has 0 saturated carbocycles. The summed E-state index contributed by atoms with van der Waals surface area (Å²) in [4.78, 5) is 18.5. The lowest BCUT2D eigenvalue weighted by atomic mass is 9.81. The molecule has 0 radical (unpaired) electrons. The number of rotatable bonds is 21. The van der Waals surface area contributed by atoms with E-state index in [1.165, 1.54) is 6.92 Å². The predicted molar refractivity (Wildman–Crippen MR) is 278 cm³/mol. The first-order chi connectivity index (χ1) is 36.5. The smallest absolute Gasteiger partial charge is 0.302 e. The number of azide groups is 2. The highest BCUT2D eigenvalue weighted by Crippen LogP contribution is 2.43. The number of hydrogen-bond acceptors (Lipinski definition) is 16. The van der Waals surface area contributed by atoms with E-state index in [1.807, 2.05) is 102 Å². The minimum Gasteiger partial charge on any atom is -0.463 e. The van der Waals surface area contributed by atoms with Crippen LogP contribution in [0.1, 0.15) is 107 Å². The van der Waals surface area contributed by atoms with Gasteiger partial charge in [-0.2, -0.15) is 0 Å². The monoisotopic (exact) mass is 1060 g/mol. The number of nitrogens with zero attached hydrogens (tertiary/aromatic N) is 6. The van der Waals surface area contributed by atoms with Crippen LogP contribution in [0.15, 0.2) is 70.9 Å². The van der Waals surface area contributed by atoms with Crippen LogP contribution in [0.4, 0.5) is 0 Å². The van der Waals surface area contributed by atoms with Gasteiger partial charge in [0.25, 0.3) is 0 Å². The Hall–Kier alpha value is -3.95. The summed E-state index contributed by atoms with van der Waals surface area (Å²) >= 11 is 0. The normalized spacial score (nSPS) is 41.8. The molecule has 0 spiro atoms. The quantitative estimate of drug-likeness (QED) is 0.0490. The van der Waals surface area contributed by atoms with Crippen molar-refractivity contribution in [2.45, 2.75) is 220 Å². The summed E-state index contributed by atoms with van der Waals surface area (Å²) in [7, 11) is 1.59. The summed E-state index contributed by atoms with van der Waals surface area (Å²) in [6.45, 7) is 24.1. The molecule has 5 aliphatic rings. The standard InChI is InChI=1S/C56H84N6O14/c1-14-41-29(3)30(4)44(59-61-57)54(70-41)73-46-34(8)50(67-27-40-24-20-17-21-25-40)56(69-36(46)10)75-48-33(7)45(60-62-58)55(71-42(48)15-2)76-51-37(11)68-53(35(9)49(51)66-26-39-22-18-16-19-23-39)74-47-31(5)32(6)52(64-13)72-43(47)28-65-38(12)63/h16-25,29-37,41-56H,14-15,26-28H2,1-13H3/t29-,30+,31-,32?,33-,34+,35?,36?,37?,41?,42?,43?,44?,45?,46-,47-,48-,49+,50?,51+,52-,53+,54+,55+,56+/m1/s1. The molecule has 0 N–H and O–H groups in total. The summed E-state index contributed by atoms with van der Waals surface area (Å²) in [5.74, 6) is -1.57. The third-order valence-electron chi connectivity index (χ3n) is 16.8. The molecule has 2 aromatic rings. The van der Waals surface area contributed by atoms with E-state index < -0.39 is 122 Å². The molecule has 5 fully saturated rings. The maximum Gasteiger partial charge on any atom is 0.302 e. The predicted octanol–water partition coefficient (Wildman–Crippen LogP) is 10.2. The zero-order valence-electron chi connectivity index (χ0n) is 46.6. The molecular formula is C56H84N6O14. The molecule has 0 aromatic heterocycles. The van der Waals surface area contributed by atoms with E-state index >= 15 is 0 Å². The summed E-state index contributed by atoms with van der Waals surface area (Å²) in [5, 5.41) is 8.51. The molecule has 10 unspecified atom stereocenters. The summed E-state index contributed by atoms with van der Waals surface area (Å²) in [6.07, 6.45) is -8.83. The fourth-order valence-electron chi connectivity index (χ4n) is 11.8. The van der Waals surface area contributed by atoms with Crippen LogP contribution in [-0.2, 0) is 79.6 Å². The largest absolute Gasteiger partial charge is 0.463 e. The lowest BCUT2D eigenvalue weighted by molar-refractivity contribution is -0.368. The van der Waals surface area contributed by atoms with E-state index in [-0.39, 0.29) is 55.5 Å². The van der Waals surface area contributed by atoms with Crippen molar-refractivity contribution in [2.24, 2.45) is 51.7 Å². The number of carbonyl (C=O) groups is 1. The fourth-order valence-corrected chi connectivity index (χ4v) is 11.8. The van der Waals surface area contributed by atoms with E-state index in [0.717, 1.165) is 17.5 Å². The highest BCUT2D eigenvalue weighted by Gasteiger charge is 2.55. The van der Waals surface area contributed by atoms with Crippen molar-refractivity contribution in [1.82, 2.24) is 0 Å². The van der Waals surface area contributed by atoms with Gasteiger partial charge in [-0.15, -0.1) is 0 Å². The average Bonchev–Trinajstić information content (AvgIpc) is 3.42. The number of esters is 1. The van der Waals surface area contributed by atoms with Gasteiger partial charge in [-0.05, 0) is 72.5 Å². The van der Waals surface area contributed by atoms with Gasteiger partial charge in [0.2, 0.25) is 0 Å². The summed E-state index contributed by atoms with van der Waals surface area (Å²) in [5.41, 5.74) is 21.7. The van der Waals surface area contributed by atoms with E-state index in [9.17, 15) is 15.9 Å². The van der Waals surface area contributed by atoms with E-state index in [2.05, 4.69) is 54.7 Å². The van der Waals surface area contributed by atoms with Crippen molar-refractivity contribution < 1.29 is 66.4 Å².